The highest BCUT2D eigenvalue weighted by atomic mass is 16.7. The van der Waals surface area contributed by atoms with Gasteiger partial charge in [-0.2, -0.15) is 0 Å². The Labute approximate surface area is 522 Å². The Morgan fingerprint density at radius 3 is 1.13 bits per heavy atom. The van der Waals surface area contributed by atoms with Gasteiger partial charge in [-0.25, -0.2) is 0 Å². The second-order valence-corrected chi connectivity index (χ2v) is 23.9. The van der Waals surface area contributed by atoms with Crippen LogP contribution in [0.2, 0.25) is 0 Å². The zero-order chi connectivity index (χ0) is 61.4. The first kappa shape index (κ1) is 79.6. The van der Waals surface area contributed by atoms with Crippen molar-refractivity contribution < 1.29 is 39.8 Å². The van der Waals surface area contributed by atoms with E-state index in [0.717, 1.165) is 116 Å². The van der Waals surface area contributed by atoms with Gasteiger partial charge in [-0.3, -0.25) is 4.79 Å². The highest BCUT2D eigenvalue weighted by molar-refractivity contribution is 5.76. The number of aliphatic hydroxyl groups is 5. The minimum Gasteiger partial charge on any atom is -0.394 e. The molecule has 1 aliphatic rings. The molecule has 0 spiro atoms. The molecular weight excluding hydrogens is 1050 g/mol. The summed E-state index contributed by atoms with van der Waals surface area (Å²) in [4.78, 5) is 13.1. The third-order valence-electron chi connectivity index (χ3n) is 16.0. The number of carbonyl (C=O) groups excluding carboxylic acids is 1. The molecule has 1 heterocycles. The average Bonchev–Trinajstić information content (AvgIpc) is 3.54. The lowest BCUT2D eigenvalue weighted by molar-refractivity contribution is -0.302. The molecular formula is C76H131NO8. The number of hydrogen-bond acceptors (Lipinski definition) is 8. The highest BCUT2D eigenvalue weighted by Gasteiger charge is 2.44. The van der Waals surface area contributed by atoms with E-state index in [0.29, 0.717) is 6.42 Å². The maximum atomic E-state index is 13.1. The van der Waals surface area contributed by atoms with Crippen LogP contribution in [0.1, 0.15) is 296 Å². The zero-order valence-electron chi connectivity index (χ0n) is 54.6. The Kier molecular flexibility index (Phi) is 59.6. The summed E-state index contributed by atoms with van der Waals surface area (Å²) in [7, 11) is 0. The summed E-state index contributed by atoms with van der Waals surface area (Å²) >= 11 is 0. The lowest BCUT2D eigenvalue weighted by atomic mass is 9.99. The monoisotopic (exact) mass is 1190 g/mol. The summed E-state index contributed by atoms with van der Waals surface area (Å²) in [6.45, 7) is 3.66. The van der Waals surface area contributed by atoms with Crippen LogP contribution in [0, 0.1) is 0 Å². The summed E-state index contributed by atoms with van der Waals surface area (Å²) in [5.74, 6) is -0.203. The van der Waals surface area contributed by atoms with E-state index >= 15 is 0 Å². The SMILES string of the molecule is CC/C=C\C/C=C\C/C=C\C/C=C\C/C=C\C/C=C\C/C=C\C/C=C\CCCCCCCCC(=O)NC(COC1OC(CO)C(O)C(O)C1O)C(O)/C=C/CC/C=C/CCCCCCCCCCCCCCCCCCCCCCCCCCC. The molecule has 0 aliphatic carbocycles. The van der Waals surface area contributed by atoms with Crippen molar-refractivity contribution in [2.24, 2.45) is 0 Å². The van der Waals surface area contributed by atoms with Crippen LogP contribution in [0.5, 0.6) is 0 Å². The molecule has 1 saturated heterocycles. The van der Waals surface area contributed by atoms with Crippen molar-refractivity contribution in [3.63, 3.8) is 0 Å². The van der Waals surface area contributed by atoms with Gasteiger partial charge in [0.2, 0.25) is 5.91 Å². The predicted molar refractivity (Wildman–Crippen MR) is 364 cm³/mol. The van der Waals surface area contributed by atoms with Crippen LogP contribution in [0.15, 0.2) is 122 Å². The number of ether oxygens (including phenoxy) is 2. The molecule has 9 heteroatoms. The first-order chi connectivity index (χ1) is 41.8. The minimum atomic E-state index is -1.58. The van der Waals surface area contributed by atoms with Crippen LogP contribution >= 0.6 is 0 Å². The van der Waals surface area contributed by atoms with Crippen molar-refractivity contribution in [2.75, 3.05) is 13.2 Å². The van der Waals surface area contributed by atoms with E-state index in [1.54, 1.807) is 6.08 Å². The summed E-state index contributed by atoms with van der Waals surface area (Å²) in [5.41, 5.74) is 0. The molecule has 1 amide bonds. The number of carbonyl (C=O) groups is 1. The van der Waals surface area contributed by atoms with Gasteiger partial charge in [0, 0.05) is 6.42 Å². The minimum absolute atomic E-state index is 0.203. The first-order valence-corrected chi connectivity index (χ1v) is 35.3. The van der Waals surface area contributed by atoms with Crippen molar-refractivity contribution in [1.29, 1.82) is 0 Å². The normalized spacial score (nSPS) is 18.9. The van der Waals surface area contributed by atoms with Crippen molar-refractivity contribution in [2.45, 2.75) is 339 Å². The van der Waals surface area contributed by atoms with Gasteiger partial charge in [0.05, 0.1) is 25.4 Å². The number of unbranched alkanes of at least 4 members (excludes halogenated alkanes) is 32. The molecule has 9 nitrogen and oxygen atoms in total. The molecule has 1 fully saturated rings. The Hall–Kier alpha value is -3.41. The number of hydrogen-bond donors (Lipinski definition) is 6. The lowest BCUT2D eigenvalue weighted by Gasteiger charge is -2.40. The predicted octanol–water partition coefficient (Wildman–Crippen LogP) is 19.4. The van der Waals surface area contributed by atoms with Gasteiger partial charge in [-0.05, 0) is 96.3 Å². The van der Waals surface area contributed by atoms with Crippen LogP contribution in [0.3, 0.4) is 0 Å². The lowest BCUT2D eigenvalue weighted by Crippen LogP contribution is -2.60. The number of rotatable bonds is 60. The standard InChI is InChI=1S/C76H131NO8/c1-3-5-7-9-11-13-15-17-19-21-23-25-27-29-31-33-35-37-39-41-43-45-47-49-51-53-55-57-59-61-63-65-70(79)69(68-84-76-75(83)74(82)73(81)71(67-78)85-76)77-72(80)66-64-62-60-58-56-54-52-50-48-46-44-42-40-38-36-34-32-30-28-26-24-22-20-18-16-14-12-10-8-6-4-2/h6,8,12,14,18,20,24,26,30,32,36,38,42,44,48,50,55,57,63,65,69-71,73-76,78-79,81-83H,3-5,7,9-11,13,15-17,19,21-23,25,27-29,31,33-35,37,39-41,43,45-47,49,51-54,56,58-62,64,66-68H2,1-2H3,(H,77,80)/b8-6-,14-12-,20-18-,26-24-,32-30-,38-36-,44-42-,50-48-,57-55+,65-63+. The van der Waals surface area contributed by atoms with E-state index < -0.39 is 49.5 Å². The molecule has 0 saturated carbocycles. The van der Waals surface area contributed by atoms with Crippen molar-refractivity contribution in [1.82, 2.24) is 5.32 Å². The zero-order valence-corrected chi connectivity index (χ0v) is 54.6. The Balaban J connectivity index is 2.19. The second kappa shape index (κ2) is 63.6. The maximum Gasteiger partial charge on any atom is 0.220 e. The molecule has 0 bridgehead atoms. The second-order valence-electron chi connectivity index (χ2n) is 23.9. The van der Waals surface area contributed by atoms with E-state index in [1.807, 2.05) is 6.08 Å². The number of nitrogens with one attached hydrogen (secondary N) is 1. The molecule has 85 heavy (non-hydrogen) atoms. The Bertz CT molecular complexity index is 1760. The van der Waals surface area contributed by atoms with Gasteiger partial charge in [0.15, 0.2) is 6.29 Å². The fourth-order valence-electron chi connectivity index (χ4n) is 10.5. The smallest absolute Gasteiger partial charge is 0.220 e. The van der Waals surface area contributed by atoms with Gasteiger partial charge in [-0.1, -0.05) is 315 Å². The fourth-order valence-corrected chi connectivity index (χ4v) is 10.5. The summed E-state index contributed by atoms with van der Waals surface area (Å²) in [5, 5.41) is 54.7. The van der Waals surface area contributed by atoms with Crippen LogP contribution in [0.25, 0.3) is 0 Å². The molecule has 0 aromatic heterocycles. The summed E-state index contributed by atoms with van der Waals surface area (Å²) in [6.07, 6.45) is 88.7. The number of aliphatic hydroxyl groups excluding tert-OH is 5. The number of amides is 1. The molecule has 0 aromatic carbocycles. The number of allylic oxidation sites excluding steroid dienone is 19. The molecule has 1 rings (SSSR count). The van der Waals surface area contributed by atoms with Crippen molar-refractivity contribution in [3.05, 3.63) is 122 Å². The highest BCUT2D eigenvalue weighted by Crippen LogP contribution is 2.23. The van der Waals surface area contributed by atoms with Crippen molar-refractivity contribution >= 4 is 5.91 Å². The van der Waals surface area contributed by atoms with Crippen LogP contribution in [0.4, 0.5) is 0 Å². The third kappa shape index (κ3) is 52.3. The molecule has 7 unspecified atom stereocenters. The largest absolute Gasteiger partial charge is 0.394 e. The van der Waals surface area contributed by atoms with Gasteiger partial charge >= 0.3 is 0 Å². The first-order valence-electron chi connectivity index (χ1n) is 35.3. The molecule has 1 aliphatic heterocycles. The van der Waals surface area contributed by atoms with E-state index in [-0.39, 0.29) is 12.5 Å². The van der Waals surface area contributed by atoms with E-state index in [1.165, 1.54) is 161 Å². The van der Waals surface area contributed by atoms with Gasteiger partial charge in [0.25, 0.3) is 0 Å². The summed E-state index contributed by atoms with van der Waals surface area (Å²) in [6, 6.07) is -0.841. The maximum absolute atomic E-state index is 13.1. The molecule has 488 valence electrons. The molecule has 0 radical (unpaired) electrons. The average molecular weight is 1190 g/mol. The van der Waals surface area contributed by atoms with Gasteiger partial charge < -0.3 is 40.3 Å². The summed E-state index contributed by atoms with van der Waals surface area (Å²) < 4.78 is 11.3. The quantitative estimate of drug-likeness (QED) is 0.0261. The Morgan fingerprint density at radius 1 is 0.412 bits per heavy atom. The molecule has 6 N–H and O–H groups in total. The van der Waals surface area contributed by atoms with E-state index in [9.17, 15) is 30.3 Å². The van der Waals surface area contributed by atoms with Crippen LogP contribution in [-0.2, 0) is 14.3 Å². The van der Waals surface area contributed by atoms with Crippen LogP contribution in [-0.4, -0.2) is 87.5 Å². The van der Waals surface area contributed by atoms with Gasteiger partial charge in [0.1, 0.15) is 24.4 Å². The van der Waals surface area contributed by atoms with Crippen LogP contribution < -0.4 is 5.32 Å². The third-order valence-corrected chi connectivity index (χ3v) is 16.0. The van der Waals surface area contributed by atoms with E-state index in [4.69, 9.17) is 9.47 Å². The van der Waals surface area contributed by atoms with Crippen molar-refractivity contribution in [3.8, 4) is 0 Å². The van der Waals surface area contributed by atoms with Gasteiger partial charge in [-0.15, -0.1) is 0 Å². The topological polar surface area (TPSA) is 149 Å². The van der Waals surface area contributed by atoms with E-state index in [2.05, 4.69) is 129 Å². The molecule has 7 atom stereocenters. The Morgan fingerprint density at radius 2 is 0.741 bits per heavy atom. The molecule has 0 aromatic rings. The fraction of sp³-hybridized carbons (Fsp3) is 0.724.